The van der Waals surface area contributed by atoms with Gasteiger partial charge in [-0.3, -0.25) is 9.78 Å². The molecule has 1 heterocycles. The minimum Gasteiger partial charge on any atom is -0.495 e. The fourth-order valence-electron chi connectivity index (χ4n) is 2.81. The van der Waals surface area contributed by atoms with E-state index in [1.54, 1.807) is 24.4 Å². The lowest BCUT2D eigenvalue weighted by Gasteiger charge is -2.13. The maximum absolute atomic E-state index is 12.7. The average molecular weight is 396 g/mol. The highest BCUT2D eigenvalue weighted by molar-refractivity contribution is 6.31. The second-order valence-electron chi connectivity index (χ2n) is 6.53. The van der Waals surface area contributed by atoms with E-state index in [1.807, 2.05) is 19.1 Å². The van der Waals surface area contributed by atoms with Gasteiger partial charge in [0.15, 0.2) is 0 Å². The van der Waals surface area contributed by atoms with Gasteiger partial charge in [0.1, 0.15) is 11.4 Å². The first-order valence-corrected chi connectivity index (χ1v) is 9.25. The van der Waals surface area contributed by atoms with Crippen molar-refractivity contribution < 1.29 is 9.53 Å². The number of nitrogens with one attached hydrogen (secondary N) is 2. The predicted molar refractivity (Wildman–Crippen MR) is 113 cm³/mol. The van der Waals surface area contributed by atoms with Crippen molar-refractivity contribution in [2.45, 2.75) is 20.4 Å². The van der Waals surface area contributed by atoms with E-state index in [0.29, 0.717) is 28.7 Å². The molecule has 2 N–H and O–H groups in total. The molecule has 3 aromatic rings. The van der Waals surface area contributed by atoms with Crippen LogP contribution in [0.4, 0.5) is 11.4 Å². The number of hydrogen-bond donors (Lipinski definition) is 2. The Hall–Kier alpha value is -3.05. The number of amides is 1. The smallest absolute Gasteiger partial charge is 0.274 e. The molecule has 28 heavy (non-hydrogen) atoms. The molecule has 2 aromatic carbocycles. The zero-order valence-electron chi connectivity index (χ0n) is 16.0. The van der Waals surface area contributed by atoms with Crippen molar-refractivity contribution in [2.24, 2.45) is 0 Å². The van der Waals surface area contributed by atoms with Gasteiger partial charge in [0.25, 0.3) is 5.91 Å². The molecule has 0 fully saturated rings. The van der Waals surface area contributed by atoms with E-state index in [2.05, 4.69) is 40.7 Å². The third-order valence-electron chi connectivity index (χ3n) is 4.30. The molecule has 1 aromatic heterocycles. The van der Waals surface area contributed by atoms with Crippen molar-refractivity contribution in [1.29, 1.82) is 0 Å². The van der Waals surface area contributed by atoms with E-state index in [-0.39, 0.29) is 5.91 Å². The zero-order valence-corrected chi connectivity index (χ0v) is 16.8. The Bertz CT molecular complexity index is 1000. The first-order valence-electron chi connectivity index (χ1n) is 8.87. The van der Waals surface area contributed by atoms with E-state index in [0.717, 1.165) is 11.3 Å². The number of methoxy groups -OCH3 is 1. The van der Waals surface area contributed by atoms with Crippen LogP contribution in [0.5, 0.6) is 5.75 Å². The number of benzene rings is 2. The first kappa shape index (κ1) is 19.7. The lowest BCUT2D eigenvalue weighted by atomic mass is 10.1. The Morgan fingerprint density at radius 2 is 1.96 bits per heavy atom. The molecule has 0 aliphatic carbocycles. The number of aryl methyl sites for hydroxylation is 2. The molecule has 0 aliphatic rings. The van der Waals surface area contributed by atoms with Gasteiger partial charge in [0.05, 0.1) is 12.8 Å². The van der Waals surface area contributed by atoms with Crippen molar-refractivity contribution in [3.8, 4) is 5.75 Å². The molecular weight excluding hydrogens is 374 g/mol. The molecule has 0 bridgehead atoms. The normalized spacial score (nSPS) is 10.4. The average Bonchev–Trinajstić information content (AvgIpc) is 2.69. The number of anilines is 2. The molecule has 1 amide bonds. The third-order valence-corrected chi connectivity index (χ3v) is 4.71. The van der Waals surface area contributed by atoms with Crippen LogP contribution in [0.3, 0.4) is 0 Å². The summed E-state index contributed by atoms with van der Waals surface area (Å²) in [6.07, 6.45) is 1.61. The maximum atomic E-state index is 12.7. The minimum absolute atomic E-state index is 0.309. The van der Waals surface area contributed by atoms with Gasteiger partial charge in [-0.15, -0.1) is 0 Å². The van der Waals surface area contributed by atoms with Crippen LogP contribution >= 0.6 is 11.6 Å². The lowest BCUT2D eigenvalue weighted by molar-refractivity contribution is 0.102. The third kappa shape index (κ3) is 4.81. The Morgan fingerprint density at radius 3 is 2.71 bits per heavy atom. The van der Waals surface area contributed by atoms with Gasteiger partial charge < -0.3 is 15.4 Å². The second-order valence-corrected chi connectivity index (χ2v) is 6.94. The van der Waals surface area contributed by atoms with Gasteiger partial charge in [-0.1, -0.05) is 41.4 Å². The number of nitrogens with zero attached hydrogens (tertiary/aromatic N) is 1. The molecule has 0 spiro atoms. The number of ether oxygens (including phenoxy) is 1. The largest absolute Gasteiger partial charge is 0.495 e. The second kappa shape index (κ2) is 8.76. The zero-order chi connectivity index (χ0) is 20.1. The summed E-state index contributed by atoms with van der Waals surface area (Å²) in [5.41, 5.74) is 4.91. The first-order chi connectivity index (χ1) is 13.5. The molecule has 5 nitrogen and oxygen atoms in total. The number of pyridine rings is 1. The minimum atomic E-state index is -0.320. The van der Waals surface area contributed by atoms with Crippen molar-refractivity contribution in [3.05, 3.63) is 82.1 Å². The predicted octanol–water partition coefficient (Wildman–Crippen LogP) is 5.22. The summed E-state index contributed by atoms with van der Waals surface area (Å²) < 4.78 is 5.31. The molecule has 0 unspecified atom stereocenters. The highest BCUT2D eigenvalue weighted by atomic mass is 35.5. The van der Waals surface area contributed by atoms with Gasteiger partial charge >= 0.3 is 0 Å². The number of carbonyl (C=O) groups is 1. The number of rotatable bonds is 6. The molecular formula is C22H22ClN3O2. The van der Waals surface area contributed by atoms with Crippen molar-refractivity contribution in [3.63, 3.8) is 0 Å². The molecule has 0 atom stereocenters. The Kier molecular flexibility index (Phi) is 6.16. The fourth-order valence-corrected chi connectivity index (χ4v) is 2.96. The Morgan fingerprint density at radius 1 is 1.14 bits per heavy atom. The van der Waals surface area contributed by atoms with Crippen LogP contribution in [0.15, 0.2) is 54.7 Å². The van der Waals surface area contributed by atoms with E-state index in [9.17, 15) is 4.79 Å². The van der Waals surface area contributed by atoms with Crippen LogP contribution in [-0.4, -0.2) is 18.0 Å². The number of halogens is 1. The van der Waals surface area contributed by atoms with Crippen LogP contribution in [-0.2, 0) is 6.54 Å². The summed E-state index contributed by atoms with van der Waals surface area (Å²) in [4.78, 5) is 16.8. The summed E-state index contributed by atoms with van der Waals surface area (Å²) in [5.74, 6) is 0.178. The summed E-state index contributed by atoms with van der Waals surface area (Å²) in [6, 6.07) is 15.3. The quantitative estimate of drug-likeness (QED) is 0.600. The number of hydrogen-bond acceptors (Lipinski definition) is 4. The Labute approximate surface area is 169 Å². The summed E-state index contributed by atoms with van der Waals surface area (Å²) in [5, 5.41) is 6.74. The number of aromatic nitrogens is 1. The molecule has 0 saturated heterocycles. The van der Waals surface area contributed by atoms with Gasteiger partial charge in [-0.2, -0.15) is 0 Å². The molecule has 0 saturated carbocycles. The van der Waals surface area contributed by atoms with E-state index >= 15 is 0 Å². The number of carbonyl (C=O) groups excluding carboxylic acids is 1. The van der Waals surface area contributed by atoms with Crippen LogP contribution in [0.25, 0.3) is 0 Å². The summed E-state index contributed by atoms with van der Waals surface area (Å²) in [7, 11) is 1.53. The highest BCUT2D eigenvalue weighted by Crippen LogP contribution is 2.31. The fraction of sp³-hybridized carbons (Fsp3) is 0.182. The molecule has 3 rings (SSSR count). The summed E-state index contributed by atoms with van der Waals surface area (Å²) >= 11 is 6.12. The van der Waals surface area contributed by atoms with Gasteiger partial charge in [-0.25, -0.2) is 0 Å². The topological polar surface area (TPSA) is 63.2 Å². The van der Waals surface area contributed by atoms with E-state index in [1.165, 1.54) is 18.2 Å². The highest BCUT2D eigenvalue weighted by Gasteiger charge is 2.13. The van der Waals surface area contributed by atoms with Crippen molar-refractivity contribution in [1.82, 2.24) is 4.98 Å². The lowest BCUT2D eigenvalue weighted by Crippen LogP contribution is -2.15. The standard InChI is InChI=1S/C22H22ClN3O2/c1-14-5-4-6-16(9-14)13-25-17-7-8-24-20(11-17)22(27)26-19-10-15(2)18(23)12-21(19)28-3/h4-12H,13H2,1-3H3,(H,24,25)(H,26,27). The van der Waals surface area contributed by atoms with Crippen LogP contribution in [0.1, 0.15) is 27.2 Å². The van der Waals surface area contributed by atoms with Gasteiger partial charge in [0.2, 0.25) is 0 Å². The van der Waals surface area contributed by atoms with Crippen molar-refractivity contribution in [2.75, 3.05) is 17.7 Å². The van der Waals surface area contributed by atoms with E-state index in [4.69, 9.17) is 16.3 Å². The molecule has 6 heteroatoms. The molecule has 0 radical (unpaired) electrons. The van der Waals surface area contributed by atoms with Crippen LogP contribution in [0, 0.1) is 13.8 Å². The summed E-state index contributed by atoms with van der Waals surface area (Å²) in [6.45, 7) is 4.59. The van der Waals surface area contributed by atoms with Gasteiger partial charge in [0, 0.05) is 29.5 Å². The van der Waals surface area contributed by atoms with Gasteiger partial charge in [-0.05, 0) is 43.2 Å². The SMILES string of the molecule is COc1cc(Cl)c(C)cc1NC(=O)c1cc(NCc2cccc(C)c2)ccn1. The van der Waals surface area contributed by atoms with Crippen LogP contribution in [0.2, 0.25) is 5.02 Å². The maximum Gasteiger partial charge on any atom is 0.274 e. The molecule has 144 valence electrons. The molecule has 0 aliphatic heterocycles. The van der Waals surface area contributed by atoms with Crippen LogP contribution < -0.4 is 15.4 Å². The Balaban J connectivity index is 1.73. The monoisotopic (exact) mass is 395 g/mol. The van der Waals surface area contributed by atoms with E-state index < -0.39 is 0 Å². The van der Waals surface area contributed by atoms with Crippen molar-refractivity contribution >= 4 is 28.9 Å².